The van der Waals surface area contributed by atoms with Crippen molar-refractivity contribution >= 4 is 34.2 Å². The molecule has 5 heteroatoms. The zero-order valence-corrected chi connectivity index (χ0v) is 21.6. The van der Waals surface area contributed by atoms with Crippen molar-refractivity contribution in [1.29, 1.82) is 0 Å². The number of hydrogen-bond acceptors (Lipinski definition) is 4. The molecule has 0 saturated carbocycles. The molecule has 0 amide bonds. The molecule has 0 radical (unpaired) electrons. The van der Waals surface area contributed by atoms with Crippen LogP contribution in [0.4, 0.5) is 0 Å². The molecule has 1 aliphatic heterocycles. The first-order valence-corrected chi connectivity index (χ1v) is 12.9. The fraction of sp³-hybridized carbons (Fsp3) is 0.577. The van der Waals surface area contributed by atoms with Gasteiger partial charge in [-0.2, -0.15) is 0 Å². The predicted octanol–water partition coefficient (Wildman–Crippen LogP) is 7.26. The minimum Gasteiger partial charge on any atom is -0.481 e. The number of carbonyl (C=O) groups is 1. The van der Waals surface area contributed by atoms with Crippen LogP contribution in [0.15, 0.2) is 17.5 Å². The van der Waals surface area contributed by atoms with Gasteiger partial charge in [-0.05, 0) is 87.9 Å². The summed E-state index contributed by atoms with van der Waals surface area (Å²) in [6.45, 7) is 16.8. The summed E-state index contributed by atoms with van der Waals surface area (Å²) in [6, 6.07) is 2.25. The molecule has 1 atom stereocenters. The van der Waals surface area contributed by atoms with Crippen LogP contribution in [0.3, 0.4) is 0 Å². The summed E-state index contributed by atoms with van der Waals surface area (Å²) in [5.74, 6) is -0.584. The minimum atomic E-state index is -0.676. The number of piperidine rings is 1. The van der Waals surface area contributed by atoms with E-state index in [9.17, 15) is 9.90 Å². The number of aliphatic carboxylic acids is 1. The molecule has 1 N–H and O–H groups in total. The molecule has 1 fully saturated rings. The van der Waals surface area contributed by atoms with E-state index >= 15 is 0 Å². The number of nitrogens with zero attached hydrogens (tertiary/aromatic N) is 1. The second-order valence-electron chi connectivity index (χ2n) is 9.83. The third kappa shape index (κ3) is 5.32. The van der Waals surface area contributed by atoms with E-state index in [2.05, 4.69) is 65.5 Å². The van der Waals surface area contributed by atoms with Gasteiger partial charge in [0.25, 0.3) is 0 Å². The Morgan fingerprint density at radius 3 is 2.61 bits per heavy atom. The first kappa shape index (κ1) is 22.8. The lowest BCUT2D eigenvalue weighted by Crippen LogP contribution is -2.52. The molecule has 3 rings (SSSR count). The summed E-state index contributed by atoms with van der Waals surface area (Å²) >= 11 is 3.42. The van der Waals surface area contributed by atoms with E-state index in [0.29, 0.717) is 17.8 Å². The Morgan fingerprint density at radius 2 is 2.03 bits per heavy atom. The molecule has 2 aromatic rings. The summed E-state index contributed by atoms with van der Waals surface area (Å²) in [5.41, 5.74) is 4.95. The lowest BCUT2D eigenvalue weighted by Gasteiger charge is -2.44. The number of thiophene rings is 2. The van der Waals surface area contributed by atoms with Gasteiger partial charge in [-0.25, -0.2) is 0 Å². The Labute approximate surface area is 197 Å². The summed E-state index contributed by atoms with van der Waals surface area (Å²) < 4.78 is 8.47. The fourth-order valence-corrected chi connectivity index (χ4v) is 7.05. The molecule has 1 saturated heterocycles. The molecule has 0 bridgehead atoms. The lowest BCUT2D eigenvalue weighted by molar-refractivity contribution is -0.145. The summed E-state index contributed by atoms with van der Waals surface area (Å²) in [6.07, 6.45) is 4.87. The zero-order valence-electron chi connectivity index (χ0n) is 21.0. The van der Waals surface area contributed by atoms with Gasteiger partial charge in [0.2, 0.25) is 0 Å². The SMILES string of the molecule is [2H]c1sc(/C(=C\CCN2C[C@H](C(=O)O)CCC2(C)C)c2sc(C)cc2C)c(C(C)C)c1C. The maximum Gasteiger partial charge on any atom is 0.307 e. The highest BCUT2D eigenvalue weighted by molar-refractivity contribution is 7.15. The maximum absolute atomic E-state index is 11.6. The third-order valence-electron chi connectivity index (χ3n) is 6.56. The Balaban J connectivity index is 1.96. The second kappa shape index (κ2) is 9.60. The van der Waals surface area contributed by atoms with E-state index in [4.69, 9.17) is 1.37 Å². The van der Waals surface area contributed by atoms with Gasteiger partial charge in [0.15, 0.2) is 0 Å². The fourth-order valence-electron chi connectivity index (χ4n) is 4.75. The Kier molecular flexibility index (Phi) is 7.04. The van der Waals surface area contributed by atoms with Crippen LogP contribution in [-0.4, -0.2) is 34.6 Å². The van der Waals surface area contributed by atoms with Gasteiger partial charge < -0.3 is 5.11 Å². The highest BCUT2D eigenvalue weighted by atomic mass is 32.1. The zero-order chi connectivity index (χ0) is 23.8. The summed E-state index contributed by atoms with van der Waals surface area (Å²) in [7, 11) is 0. The Bertz CT molecular complexity index is 1020. The van der Waals surface area contributed by atoms with Crippen LogP contribution in [0.25, 0.3) is 5.57 Å². The topological polar surface area (TPSA) is 40.5 Å². The molecule has 1 aliphatic rings. The predicted molar refractivity (Wildman–Crippen MR) is 135 cm³/mol. The van der Waals surface area contributed by atoms with Gasteiger partial charge in [0.05, 0.1) is 7.29 Å². The summed E-state index contributed by atoms with van der Waals surface area (Å²) in [4.78, 5) is 17.8. The molecule has 0 aliphatic carbocycles. The largest absolute Gasteiger partial charge is 0.481 e. The average molecular weight is 461 g/mol. The van der Waals surface area contributed by atoms with Crippen molar-refractivity contribution in [2.45, 2.75) is 79.2 Å². The van der Waals surface area contributed by atoms with Gasteiger partial charge >= 0.3 is 5.97 Å². The normalized spacial score (nSPS) is 20.3. The van der Waals surface area contributed by atoms with Crippen LogP contribution < -0.4 is 0 Å². The average Bonchev–Trinajstić information content (AvgIpc) is 3.17. The monoisotopic (exact) mass is 460 g/mol. The quantitative estimate of drug-likeness (QED) is 0.473. The number of hydrogen-bond donors (Lipinski definition) is 1. The van der Waals surface area contributed by atoms with Gasteiger partial charge in [-0.15, -0.1) is 22.7 Å². The molecule has 31 heavy (non-hydrogen) atoms. The minimum absolute atomic E-state index is 0.0202. The van der Waals surface area contributed by atoms with Crippen molar-refractivity contribution in [2.24, 2.45) is 5.92 Å². The molecule has 0 unspecified atom stereocenters. The van der Waals surface area contributed by atoms with Crippen molar-refractivity contribution in [1.82, 2.24) is 4.90 Å². The molecule has 3 heterocycles. The van der Waals surface area contributed by atoms with Gasteiger partial charge in [0, 0.05) is 38.8 Å². The van der Waals surface area contributed by atoms with E-state index in [1.165, 1.54) is 31.3 Å². The van der Waals surface area contributed by atoms with Crippen LogP contribution in [-0.2, 0) is 4.79 Å². The molecular weight excluding hydrogens is 422 g/mol. The van der Waals surface area contributed by atoms with Crippen molar-refractivity contribution in [3.63, 3.8) is 0 Å². The van der Waals surface area contributed by atoms with E-state index in [1.807, 2.05) is 11.3 Å². The number of carboxylic acids is 1. The van der Waals surface area contributed by atoms with Crippen molar-refractivity contribution < 1.29 is 11.3 Å². The third-order valence-corrected chi connectivity index (χ3v) is 8.80. The van der Waals surface area contributed by atoms with Crippen LogP contribution in [0.2, 0.25) is 0 Å². The second-order valence-corrected chi connectivity index (χ2v) is 11.9. The highest BCUT2D eigenvalue weighted by Gasteiger charge is 2.36. The van der Waals surface area contributed by atoms with Crippen molar-refractivity contribution in [2.75, 3.05) is 13.1 Å². The van der Waals surface area contributed by atoms with Gasteiger partial charge in [-0.1, -0.05) is 19.9 Å². The molecule has 3 nitrogen and oxygen atoms in total. The Hall–Kier alpha value is -1.43. The highest BCUT2D eigenvalue weighted by Crippen LogP contribution is 2.41. The van der Waals surface area contributed by atoms with E-state index in [1.54, 1.807) is 11.3 Å². The van der Waals surface area contributed by atoms with E-state index in [0.717, 1.165) is 31.4 Å². The van der Waals surface area contributed by atoms with Crippen molar-refractivity contribution in [3.8, 4) is 0 Å². The van der Waals surface area contributed by atoms with Gasteiger partial charge in [0.1, 0.15) is 0 Å². The van der Waals surface area contributed by atoms with Crippen LogP contribution >= 0.6 is 22.7 Å². The lowest BCUT2D eigenvalue weighted by atomic mass is 9.84. The number of rotatable bonds is 7. The smallest absolute Gasteiger partial charge is 0.307 e. The van der Waals surface area contributed by atoms with Crippen LogP contribution in [0, 0.1) is 26.7 Å². The molecule has 2 aromatic heterocycles. The number of carboxylic acid groups (broad SMARTS) is 1. The maximum atomic E-state index is 11.6. The molecule has 0 aromatic carbocycles. The Morgan fingerprint density at radius 1 is 1.32 bits per heavy atom. The van der Waals surface area contributed by atoms with Gasteiger partial charge in [-0.3, -0.25) is 9.69 Å². The van der Waals surface area contributed by atoms with Crippen molar-refractivity contribution in [3.05, 3.63) is 48.8 Å². The standard InChI is InChI=1S/C26H37NO2S2/c1-16(2)22-18(4)15-30-24(22)21(23-17(3)13-19(5)31-23)9-8-12-27-14-20(25(28)29)10-11-26(27,6)7/h9,13,15-16,20H,8,10-12,14H2,1-7H3,(H,28,29)/b21-9-/t20-/m1/s1/i15D. The summed E-state index contributed by atoms with van der Waals surface area (Å²) in [5, 5.41) is 10.2. The number of aryl methyl sites for hydroxylation is 2. The molecule has 170 valence electrons. The first-order valence-electron chi connectivity index (χ1n) is 11.8. The van der Waals surface area contributed by atoms with E-state index in [-0.39, 0.29) is 11.5 Å². The van der Waals surface area contributed by atoms with E-state index < -0.39 is 5.97 Å². The first-order chi connectivity index (χ1) is 14.9. The van der Waals surface area contributed by atoms with Crippen LogP contribution in [0.5, 0.6) is 0 Å². The molecular formula is C26H37NO2S2. The van der Waals surface area contributed by atoms with Crippen LogP contribution in [0.1, 0.15) is 85.6 Å². The molecule has 0 spiro atoms. The number of likely N-dealkylation sites (tertiary alicyclic amines) is 1.